The topological polar surface area (TPSA) is 54.4 Å². The standard InChI is InChI=1S/C8H14O3S/c1-3-4-5-7(8(10)11)12-6(2)9/h7H,3-5H2,1-2H3,(H,10,11)/t7-/m0/s1. The normalized spacial score (nSPS) is 12.5. The first-order valence-corrected chi connectivity index (χ1v) is 4.86. The lowest BCUT2D eigenvalue weighted by atomic mass is 10.2. The summed E-state index contributed by atoms with van der Waals surface area (Å²) >= 11 is 0.909. The van der Waals surface area contributed by atoms with Crippen LogP contribution in [0.25, 0.3) is 0 Å². The first-order chi connectivity index (χ1) is 5.57. The number of carboxylic acids is 1. The highest BCUT2D eigenvalue weighted by atomic mass is 32.2. The van der Waals surface area contributed by atoms with Crippen LogP contribution in [0.1, 0.15) is 33.1 Å². The summed E-state index contributed by atoms with van der Waals surface area (Å²) in [5.74, 6) is -0.886. The van der Waals surface area contributed by atoms with Gasteiger partial charge in [-0.2, -0.15) is 0 Å². The minimum Gasteiger partial charge on any atom is -0.480 e. The van der Waals surface area contributed by atoms with Crippen LogP contribution in [-0.4, -0.2) is 21.4 Å². The molecule has 0 aliphatic heterocycles. The molecule has 12 heavy (non-hydrogen) atoms. The number of carbonyl (C=O) groups is 2. The Morgan fingerprint density at radius 2 is 2.08 bits per heavy atom. The van der Waals surface area contributed by atoms with Crippen molar-refractivity contribution in [3.05, 3.63) is 0 Å². The molecule has 70 valence electrons. The summed E-state index contributed by atoms with van der Waals surface area (Å²) in [7, 11) is 0. The molecule has 0 radical (unpaired) electrons. The molecule has 0 unspecified atom stereocenters. The molecule has 0 heterocycles. The van der Waals surface area contributed by atoms with Gasteiger partial charge in [0.05, 0.1) is 0 Å². The summed E-state index contributed by atoms with van der Waals surface area (Å²) in [5.41, 5.74) is 0. The van der Waals surface area contributed by atoms with Crippen LogP contribution >= 0.6 is 11.8 Å². The van der Waals surface area contributed by atoms with Gasteiger partial charge >= 0.3 is 5.97 Å². The third-order valence-corrected chi connectivity index (χ3v) is 2.46. The van der Waals surface area contributed by atoms with Crippen molar-refractivity contribution < 1.29 is 14.7 Å². The number of carbonyl (C=O) groups excluding carboxylic acids is 1. The molecule has 0 spiro atoms. The molecule has 0 amide bonds. The van der Waals surface area contributed by atoms with Crippen molar-refractivity contribution in [2.24, 2.45) is 0 Å². The van der Waals surface area contributed by atoms with E-state index in [4.69, 9.17) is 5.11 Å². The molecule has 0 saturated heterocycles. The van der Waals surface area contributed by atoms with Crippen LogP contribution in [-0.2, 0) is 9.59 Å². The SMILES string of the molecule is CCCC[C@H](SC(C)=O)C(=O)O. The maximum atomic E-state index is 10.6. The van der Waals surface area contributed by atoms with Crippen molar-refractivity contribution in [1.29, 1.82) is 0 Å². The number of aliphatic carboxylic acids is 1. The molecule has 0 aliphatic carbocycles. The zero-order valence-corrected chi connectivity index (χ0v) is 8.19. The quantitative estimate of drug-likeness (QED) is 0.719. The second kappa shape index (κ2) is 6.06. The van der Waals surface area contributed by atoms with E-state index in [-0.39, 0.29) is 5.12 Å². The van der Waals surface area contributed by atoms with Crippen LogP contribution in [0.2, 0.25) is 0 Å². The second-order valence-corrected chi connectivity index (χ2v) is 3.96. The molecular weight excluding hydrogens is 176 g/mol. The minimum absolute atomic E-state index is 0.126. The van der Waals surface area contributed by atoms with Gasteiger partial charge in [0.25, 0.3) is 0 Å². The molecule has 1 atom stereocenters. The largest absolute Gasteiger partial charge is 0.480 e. The van der Waals surface area contributed by atoms with E-state index < -0.39 is 11.2 Å². The number of hydrogen-bond donors (Lipinski definition) is 1. The van der Waals surface area contributed by atoms with Crippen LogP contribution in [0.15, 0.2) is 0 Å². The number of carboxylic acid groups (broad SMARTS) is 1. The van der Waals surface area contributed by atoms with Crippen LogP contribution in [0.4, 0.5) is 0 Å². The van der Waals surface area contributed by atoms with Crippen LogP contribution in [0, 0.1) is 0 Å². The van der Waals surface area contributed by atoms with Gasteiger partial charge in [0.2, 0.25) is 0 Å². The van der Waals surface area contributed by atoms with Crippen LogP contribution in [0.3, 0.4) is 0 Å². The van der Waals surface area contributed by atoms with Crippen LogP contribution in [0.5, 0.6) is 0 Å². The van der Waals surface area contributed by atoms with Gasteiger partial charge in [-0.1, -0.05) is 31.5 Å². The average Bonchev–Trinajstić information content (AvgIpc) is 1.96. The predicted octanol–water partition coefficient (Wildman–Crippen LogP) is 1.91. The maximum Gasteiger partial charge on any atom is 0.317 e. The smallest absolute Gasteiger partial charge is 0.317 e. The van der Waals surface area contributed by atoms with Crippen molar-refractivity contribution in [2.45, 2.75) is 38.4 Å². The highest BCUT2D eigenvalue weighted by Crippen LogP contribution is 2.18. The van der Waals surface area contributed by atoms with E-state index in [9.17, 15) is 9.59 Å². The maximum absolute atomic E-state index is 10.6. The Hall–Kier alpha value is -0.510. The predicted molar refractivity (Wildman–Crippen MR) is 49.2 cm³/mol. The van der Waals surface area contributed by atoms with E-state index in [2.05, 4.69) is 0 Å². The summed E-state index contributed by atoms with van der Waals surface area (Å²) in [6, 6.07) is 0. The third kappa shape index (κ3) is 5.18. The average molecular weight is 190 g/mol. The van der Waals surface area contributed by atoms with E-state index in [1.165, 1.54) is 6.92 Å². The molecule has 0 fully saturated rings. The highest BCUT2D eigenvalue weighted by Gasteiger charge is 2.18. The number of thioether (sulfide) groups is 1. The van der Waals surface area contributed by atoms with E-state index in [0.717, 1.165) is 24.6 Å². The van der Waals surface area contributed by atoms with Crippen molar-refractivity contribution in [1.82, 2.24) is 0 Å². The van der Waals surface area contributed by atoms with Gasteiger partial charge in [0.15, 0.2) is 5.12 Å². The van der Waals surface area contributed by atoms with Gasteiger partial charge in [0.1, 0.15) is 5.25 Å². The monoisotopic (exact) mass is 190 g/mol. The summed E-state index contributed by atoms with van der Waals surface area (Å²) in [5, 5.41) is 8.00. The van der Waals surface area contributed by atoms with E-state index in [0.29, 0.717) is 6.42 Å². The summed E-state index contributed by atoms with van der Waals surface area (Å²) in [6.45, 7) is 3.39. The van der Waals surface area contributed by atoms with Crippen molar-refractivity contribution in [2.75, 3.05) is 0 Å². The molecular formula is C8H14O3S. The Morgan fingerprint density at radius 1 is 1.50 bits per heavy atom. The third-order valence-electron chi connectivity index (χ3n) is 1.40. The molecule has 0 bridgehead atoms. The van der Waals surface area contributed by atoms with Crippen molar-refractivity contribution in [3.63, 3.8) is 0 Å². The zero-order chi connectivity index (χ0) is 9.56. The Labute approximate surface area is 76.5 Å². The second-order valence-electron chi connectivity index (χ2n) is 2.58. The van der Waals surface area contributed by atoms with E-state index in [1.54, 1.807) is 0 Å². The lowest BCUT2D eigenvalue weighted by Gasteiger charge is -2.07. The first-order valence-electron chi connectivity index (χ1n) is 3.98. The molecule has 0 aromatic rings. The molecule has 0 aromatic heterocycles. The lowest BCUT2D eigenvalue weighted by molar-refractivity contribution is -0.136. The summed E-state index contributed by atoms with van der Waals surface area (Å²) in [6.07, 6.45) is 2.40. The Kier molecular flexibility index (Phi) is 5.80. The van der Waals surface area contributed by atoms with Crippen molar-refractivity contribution in [3.8, 4) is 0 Å². The van der Waals surface area contributed by atoms with E-state index in [1.807, 2.05) is 6.92 Å². The molecule has 0 aromatic carbocycles. The summed E-state index contributed by atoms with van der Waals surface area (Å²) < 4.78 is 0. The number of hydrogen-bond acceptors (Lipinski definition) is 3. The van der Waals surface area contributed by atoms with E-state index >= 15 is 0 Å². The van der Waals surface area contributed by atoms with Gasteiger partial charge in [0, 0.05) is 6.92 Å². The fourth-order valence-corrected chi connectivity index (χ4v) is 1.61. The van der Waals surface area contributed by atoms with Gasteiger partial charge in [-0.15, -0.1) is 0 Å². The Balaban J connectivity index is 3.87. The first kappa shape index (κ1) is 11.5. The fourth-order valence-electron chi connectivity index (χ4n) is 0.823. The lowest BCUT2D eigenvalue weighted by Crippen LogP contribution is -2.17. The number of rotatable bonds is 5. The van der Waals surface area contributed by atoms with Crippen molar-refractivity contribution >= 4 is 22.8 Å². The fraction of sp³-hybridized carbons (Fsp3) is 0.750. The van der Waals surface area contributed by atoms with Gasteiger partial charge in [-0.05, 0) is 6.42 Å². The van der Waals surface area contributed by atoms with Crippen LogP contribution < -0.4 is 0 Å². The summed E-state index contributed by atoms with van der Waals surface area (Å²) in [4.78, 5) is 21.2. The zero-order valence-electron chi connectivity index (χ0n) is 7.37. The minimum atomic E-state index is -0.886. The van der Waals surface area contributed by atoms with Gasteiger partial charge in [-0.25, -0.2) is 0 Å². The molecule has 0 aliphatic rings. The molecule has 4 heteroatoms. The highest BCUT2D eigenvalue weighted by molar-refractivity contribution is 8.14. The molecule has 0 rings (SSSR count). The molecule has 0 saturated carbocycles. The number of unbranched alkanes of at least 4 members (excludes halogenated alkanes) is 1. The molecule has 3 nitrogen and oxygen atoms in total. The Bertz CT molecular complexity index is 168. The molecule has 1 N–H and O–H groups in total. The Morgan fingerprint density at radius 3 is 2.42 bits per heavy atom. The van der Waals surface area contributed by atoms with Gasteiger partial charge < -0.3 is 5.11 Å². The van der Waals surface area contributed by atoms with Gasteiger partial charge in [-0.3, -0.25) is 9.59 Å².